The number of thiazole rings is 1. The van der Waals surface area contributed by atoms with E-state index in [1.165, 1.54) is 24.2 Å². The molecule has 1 aromatic heterocycles. The van der Waals surface area contributed by atoms with Crippen LogP contribution in [0.4, 0.5) is 0 Å². The second kappa shape index (κ2) is 4.93. The van der Waals surface area contributed by atoms with Crippen LogP contribution in [0.2, 0.25) is 0 Å². The fourth-order valence-corrected chi connectivity index (χ4v) is 2.28. The highest BCUT2D eigenvalue weighted by Crippen LogP contribution is 2.30. The van der Waals surface area contributed by atoms with Gasteiger partial charge in [0.15, 0.2) is 0 Å². The average molecular weight is 239 g/mol. The molecule has 0 spiro atoms. The van der Waals surface area contributed by atoms with Crippen LogP contribution in [0, 0.1) is 5.92 Å². The Hall–Kier alpha value is -0.940. The summed E-state index contributed by atoms with van der Waals surface area (Å²) in [7, 11) is 0. The maximum atomic E-state index is 12.1. The minimum absolute atomic E-state index is 0.0466. The summed E-state index contributed by atoms with van der Waals surface area (Å²) in [6.07, 6.45) is 2.52. The fraction of sp³-hybridized carbons (Fsp3) is 0.636. The van der Waals surface area contributed by atoms with E-state index in [-0.39, 0.29) is 5.91 Å². The summed E-state index contributed by atoms with van der Waals surface area (Å²) in [6, 6.07) is 0. The summed E-state index contributed by atoms with van der Waals surface area (Å²) in [4.78, 5) is 18.2. The summed E-state index contributed by atoms with van der Waals surface area (Å²) in [5.41, 5.74) is 6.03. The van der Waals surface area contributed by atoms with Gasteiger partial charge in [0, 0.05) is 25.0 Å². The van der Waals surface area contributed by atoms with Crippen LogP contribution in [0.1, 0.15) is 35.3 Å². The lowest BCUT2D eigenvalue weighted by Crippen LogP contribution is -2.32. The van der Waals surface area contributed by atoms with Crippen molar-refractivity contribution < 1.29 is 4.79 Å². The topological polar surface area (TPSA) is 59.2 Å². The van der Waals surface area contributed by atoms with Crippen LogP contribution in [0.15, 0.2) is 5.38 Å². The monoisotopic (exact) mass is 239 g/mol. The number of hydrogen-bond acceptors (Lipinski definition) is 4. The van der Waals surface area contributed by atoms with E-state index in [9.17, 15) is 4.79 Å². The Kier molecular flexibility index (Phi) is 3.56. The molecule has 16 heavy (non-hydrogen) atoms. The standard InChI is InChI=1S/C11H17N3OS/c1-2-14(6-8-3-4-8)11(15)9-7-16-10(5-12)13-9/h7-8H,2-6,12H2,1H3. The van der Waals surface area contributed by atoms with Gasteiger partial charge in [0.1, 0.15) is 10.7 Å². The van der Waals surface area contributed by atoms with Gasteiger partial charge in [0.25, 0.3) is 5.91 Å². The zero-order valence-electron chi connectivity index (χ0n) is 9.48. The minimum Gasteiger partial charge on any atom is -0.337 e. The van der Waals surface area contributed by atoms with Gasteiger partial charge in [0.05, 0.1) is 0 Å². The van der Waals surface area contributed by atoms with Crippen molar-refractivity contribution in [3.05, 3.63) is 16.1 Å². The highest BCUT2D eigenvalue weighted by molar-refractivity contribution is 7.09. The number of carbonyl (C=O) groups is 1. The van der Waals surface area contributed by atoms with Crippen molar-refractivity contribution >= 4 is 17.2 Å². The minimum atomic E-state index is 0.0466. The van der Waals surface area contributed by atoms with Crippen molar-refractivity contribution in [1.82, 2.24) is 9.88 Å². The molecule has 2 rings (SSSR count). The first-order chi connectivity index (χ1) is 7.74. The lowest BCUT2D eigenvalue weighted by atomic mass is 10.3. The third-order valence-corrected chi connectivity index (χ3v) is 3.66. The molecule has 0 bridgehead atoms. The molecule has 1 aliphatic rings. The quantitative estimate of drug-likeness (QED) is 0.846. The van der Waals surface area contributed by atoms with Crippen LogP contribution in [0.3, 0.4) is 0 Å². The normalized spacial score (nSPS) is 15.1. The largest absolute Gasteiger partial charge is 0.337 e. The van der Waals surface area contributed by atoms with Gasteiger partial charge in [0.2, 0.25) is 0 Å². The van der Waals surface area contributed by atoms with E-state index >= 15 is 0 Å². The van der Waals surface area contributed by atoms with Gasteiger partial charge in [-0.05, 0) is 25.7 Å². The maximum absolute atomic E-state index is 12.1. The first-order valence-corrected chi connectivity index (χ1v) is 6.56. The van der Waals surface area contributed by atoms with Gasteiger partial charge in [-0.3, -0.25) is 4.79 Å². The Labute approximate surface area is 99.5 Å². The van der Waals surface area contributed by atoms with Crippen molar-refractivity contribution in [3.63, 3.8) is 0 Å². The highest BCUT2D eigenvalue weighted by Gasteiger charge is 2.27. The molecular weight excluding hydrogens is 222 g/mol. The molecule has 1 saturated carbocycles. The SMILES string of the molecule is CCN(CC1CC1)C(=O)c1csc(CN)n1. The van der Waals surface area contributed by atoms with Gasteiger partial charge < -0.3 is 10.6 Å². The number of hydrogen-bond donors (Lipinski definition) is 1. The van der Waals surface area contributed by atoms with Gasteiger partial charge in [-0.1, -0.05) is 0 Å². The molecular formula is C11H17N3OS. The summed E-state index contributed by atoms with van der Waals surface area (Å²) in [5.74, 6) is 0.766. The molecule has 2 N–H and O–H groups in total. The Balaban J connectivity index is 2.02. The predicted molar refractivity (Wildman–Crippen MR) is 64.3 cm³/mol. The van der Waals surface area contributed by atoms with Crippen LogP contribution in [-0.2, 0) is 6.54 Å². The third kappa shape index (κ3) is 2.59. The Morgan fingerprint density at radius 1 is 1.69 bits per heavy atom. The molecule has 1 aliphatic carbocycles. The van der Waals surface area contributed by atoms with Crippen LogP contribution >= 0.6 is 11.3 Å². The van der Waals surface area contributed by atoms with Crippen LogP contribution in [0.25, 0.3) is 0 Å². The second-order valence-corrected chi connectivity index (χ2v) is 5.06. The van der Waals surface area contributed by atoms with E-state index in [0.717, 1.165) is 24.0 Å². The molecule has 0 aromatic carbocycles. The van der Waals surface area contributed by atoms with Crippen LogP contribution in [0.5, 0.6) is 0 Å². The smallest absolute Gasteiger partial charge is 0.273 e. The summed E-state index contributed by atoms with van der Waals surface area (Å²) < 4.78 is 0. The number of nitrogens with zero attached hydrogens (tertiary/aromatic N) is 2. The van der Waals surface area contributed by atoms with E-state index in [1.54, 1.807) is 5.38 Å². The maximum Gasteiger partial charge on any atom is 0.273 e. The summed E-state index contributed by atoms with van der Waals surface area (Å²) >= 11 is 1.46. The number of carbonyl (C=O) groups excluding carboxylic acids is 1. The van der Waals surface area contributed by atoms with Crippen molar-refractivity contribution in [3.8, 4) is 0 Å². The van der Waals surface area contributed by atoms with E-state index in [4.69, 9.17) is 5.73 Å². The average Bonchev–Trinajstić information content (AvgIpc) is 2.99. The van der Waals surface area contributed by atoms with Crippen LogP contribution in [-0.4, -0.2) is 28.9 Å². The number of rotatable bonds is 5. The van der Waals surface area contributed by atoms with E-state index in [2.05, 4.69) is 4.98 Å². The van der Waals surface area contributed by atoms with Crippen molar-refractivity contribution in [2.24, 2.45) is 11.7 Å². The van der Waals surface area contributed by atoms with Crippen molar-refractivity contribution in [1.29, 1.82) is 0 Å². The second-order valence-electron chi connectivity index (χ2n) is 4.12. The molecule has 0 unspecified atom stereocenters. The van der Waals surface area contributed by atoms with Crippen molar-refractivity contribution in [2.75, 3.05) is 13.1 Å². The molecule has 4 nitrogen and oxygen atoms in total. The lowest BCUT2D eigenvalue weighted by molar-refractivity contribution is 0.0751. The van der Waals surface area contributed by atoms with E-state index < -0.39 is 0 Å². The Morgan fingerprint density at radius 3 is 2.94 bits per heavy atom. The number of aromatic nitrogens is 1. The van der Waals surface area contributed by atoms with Gasteiger partial charge in [-0.2, -0.15) is 0 Å². The summed E-state index contributed by atoms with van der Waals surface area (Å²) in [6.45, 7) is 4.05. The zero-order chi connectivity index (χ0) is 11.5. The molecule has 1 amide bonds. The molecule has 0 saturated heterocycles. The zero-order valence-corrected chi connectivity index (χ0v) is 10.3. The van der Waals surface area contributed by atoms with Crippen LogP contribution < -0.4 is 5.73 Å². The van der Waals surface area contributed by atoms with Crippen molar-refractivity contribution in [2.45, 2.75) is 26.3 Å². The molecule has 5 heteroatoms. The molecule has 0 aliphatic heterocycles. The third-order valence-electron chi connectivity index (χ3n) is 2.79. The predicted octanol–water partition coefficient (Wildman–Crippen LogP) is 1.47. The number of amides is 1. The van der Waals surface area contributed by atoms with E-state index in [0.29, 0.717) is 12.2 Å². The Morgan fingerprint density at radius 2 is 2.44 bits per heavy atom. The molecule has 88 valence electrons. The number of nitrogens with two attached hydrogens (primary N) is 1. The molecule has 0 atom stereocenters. The lowest BCUT2D eigenvalue weighted by Gasteiger charge is -2.19. The first-order valence-electron chi connectivity index (χ1n) is 5.68. The molecule has 1 aromatic rings. The molecule has 1 fully saturated rings. The van der Waals surface area contributed by atoms with Gasteiger partial charge >= 0.3 is 0 Å². The molecule has 0 radical (unpaired) electrons. The first kappa shape index (κ1) is 11.5. The van der Waals surface area contributed by atoms with E-state index in [1.807, 2.05) is 11.8 Å². The van der Waals surface area contributed by atoms with Gasteiger partial charge in [-0.15, -0.1) is 11.3 Å². The summed E-state index contributed by atoms with van der Waals surface area (Å²) in [5, 5.41) is 2.63. The Bertz CT molecular complexity index is 373. The highest BCUT2D eigenvalue weighted by atomic mass is 32.1. The molecule has 1 heterocycles. The van der Waals surface area contributed by atoms with Gasteiger partial charge in [-0.25, -0.2) is 4.98 Å². The fourth-order valence-electron chi connectivity index (χ4n) is 1.63.